The molecule has 2 N–H and O–H groups in total. The minimum atomic E-state index is -4.98. The molecule has 0 aliphatic carbocycles. The van der Waals surface area contributed by atoms with Gasteiger partial charge in [-0.05, 0) is 75.7 Å². The molecule has 45 heavy (non-hydrogen) atoms. The Balaban J connectivity index is 1.63. The number of fused-ring (bicyclic) bond motifs is 1. The number of carbonyl (C=O) groups is 2. The number of rotatable bonds is 8. The summed E-state index contributed by atoms with van der Waals surface area (Å²) in [6.45, 7) is 7.60. The van der Waals surface area contributed by atoms with Crippen molar-refractivity contribution < 1.29 is 40.3 Å². The van der Waals surface area contributed by atoms with Gasteiger partial charge >= 0.3 is 12.3 Å². The summed E-state index contributed by atoms with van der Waals surface area (Å²) in [7, 11) is -3.36. The van der Waals surface area contributed by atoms with Crippen LogP contribution >= 0.6 is 0 Å². The Morgan fingerprint density at radius 2 is 1.71 bits per heavy atom. The average molecular weight is 650 g/mol. The normalized spacial score (nSPS) is 12.2. The molecule has 1 heterocycles. The number of aryl methyl sites for hydroxylation is 1. The van der Waals surface area contributed by atoms with Crippen LogP contribution in [0.4, 0.5) is 39.7 Å². The van der Waals surface area contributed by atoms with Gasteiger partial charge in [0, 0.05) is 24.8 Å². The molecule has 0 saturated heterocycles. The molecule has 0 radical (unpaired) electrons. The lowest BCUT2D eigenvalue weighted by atomic mass is 10.2. The van der Waals surface area contributed by atoms with E-state index in [9.17, 15) is 35.6 Å². The molecule has 1 aromatic heterocycles. The van der Waals surface area contributed by atoms with E-state index in [4.69, 9.17) is 4.74 Å². The molecule has 0 fully saturated rings. The average Bonchev–Trinajstić information content (AvgIpc) is 3.28. The van der Waals surface area contributed by atoms with Crippen molar-refractivity contribution in [2.24, 2.45) is 0 Å². The van der Waals surface area contributed by atoms with Crippen molar-refractivity contribution in [3.8, 4) is 0 Å². The fourth-order valence-electron chi connectivity index (χ4n) is 4.36. The second-order valence-electron chi connectivity index (χ2n) is 11.0. The van der Waals surface area contributed by atoms with Gasteiger partial charge in [0.1, 0.15) is 11.4 Å². The van der Waals surface area contributed by atoms with Crippen LogP contribution in [0.15, 0.2) is 65.6 Å². The summed E-state index contributed by atoms with van der Waals surface area (Å²) < 4.78 is 89.7. The molecule has 0 bridgehead atoms. The standard InChI is InChI=1S/C30H31F4N5O5S/c1-6-15-39-24-14-12-19(38(5)28(41)44-29(2,3)4)17-23(24)35-27(39)36-26(40)18-11-13-21(31)22(16-18)37-45(42,43)25-10-8-7-9-20(25)30(32,33)34/h7-14,16-17,37H,6,15H2,1-5H3,(H,35,36,40). The Kier molecular flexibility index (Phi) is 9.15. The van der Waals surface area contributed by atoms with Gasteiger partial charge < -0.3 is 9.30 Å². The molecule has 0 spiro atoms. The van der Waals surface area contributed by atoms with Crippen molar-refractivity contribution in [1.29, 1.82) is 0 Å². The molecular formula is C30H31F4N5O5S. The quantitative estimate of drug-likeness (QED) is 0.198. The van der Waals surface area contributed by atoms with Gasteiger partial charge in [0.2, 0.25) is 5.95 Å². The molecule has 0 atom stereocenters. The molecule has 3 aromatic carbocycles. The molecule has 0 aliphatic heterocycles. The number of amides is 2. The molecule has 0 unspecified atom stereocenters. The van der Waals surface area contributed by atoms with Crippen LogP contribution in [0.1, 0.15) is 50.0 Å². The summed E-state index contributed by atoms with van der Waals surface area (Å²) in [5.74, 6) is -1.77. The molecule has 0 aliphatic rings. The highest BCUT2D eigenvalue weighted by Gasteiger charge is 2.37. The number of halogens is 4. The number of carbonyl (C=O) groups excluding carboxylic acids is 2. The molecule has 15 heteroatoms. The van der Waals surface area contributed by atoms with Gasteiger partial charge in [0.25, 0.3) is 15.9 Å². The second-order valence-corrected chi connectivity index (χ2v) is 12.7. The van der Waals surface area contributed by atoms with E-state index in [0.29, 0.717) is 35.8 Å². The first-order valence-electron chi connectivity index (χ1n) is 13.7. The van der Waals surface area contributed by atoms with Crippen LogP contribution in [0.2, 0.25) is 0 Å². The Labute approximate surface area is 257 Å². The van der Waals surface area contributed by atoms with Crippen molar-refractivity contribution in [1.82, 2.24) is 9.55 Å². The largest absolute Gasteiger partial charge is 0.443 e. The van der Waals surface area contributed by atoms with E-state index in [0.717, 1.165) is 36.4 Å². The van der Waals surface area contributed by atoms with Gasteiger partial charge in [-0.1, -0.05) is 19.1 Å². The highest BCUT2D eigenvalue weighted by atomic mass is 32.2. The molecular weight excluding hydrogens is 618 g/mol. The van der Waals surface area contributed by atoms with Crippen molar-refractivity contribution in [2.75, 3.05) is 22.0 Å². The van der Waals surface area contributed by atoms with Crippen LogP contribution in [0.3, 0.4) is 0 Å². The summed E-state index contributed by atoms with van der Waals surface area (Å²) >= 11 is 0. The SMILES string of the molecule is CCCn1c(NC(=O)c2ccc(F)c(NS(=O)(=O)c3ccccc3C(F)(F)F)c2)nc2cc(N(C)C(=O)OC(C)(C)C)ccc21. The summed E-state index contributed by atoms with van der Waals surface area (Å²) in [4.78, 5) is 30.5. The summed E-state index contributed by atoms with van der Waals surface area (Å²) in [5.41, 5.74) is -1.48. The molecule has 10 nitrogen and oxygen atoms in total. The zero-order valence-electron chi connectivity index (χ0n) is 25.0. The zero-order valence-corrected chi connectivity index (χ0v) is 25.8. The first kappa shape index (κ1) is 33.2. The highest BCUT2D eigenvalue weighted by molar-refractivity contribution is 7.92. The third kappa shape index (κ3) is 7.53. The number of alkyl halides is 3. The van der Waals surface area contributed by atoms with Crippen LogP contribution in [0, 0.1) is 5.82 Å². The van der Waals surface area contributed by atoms with Gasteiger partial charge in [0.05, 0.1) is 27.2 Å². The predicted octanol–water partition coefficient (Wildman–Crippen LogP) is 7.03. The van der Waals surface area contributed by atoms with Crippen LogP contribution < -0.4 is 14.9 Å². The van der Waals surface area contributed by atoms with Gasteiger partial charge in [-0.25, -0.2) is 22.6 Å². The number of hydrogen-bond acceptors (Lipinski definition) is 6. The number of imidazole rings is 1. The van der Waals surface area contributed by atoms with E-state index in [2.05, 4.69) is 10.3 Å². The van der Waals surface area contributed by atoms with Crippen LogP contribution in [-0.2, 0) is 27.5 Å². The van der Waals surface area contributed by atoms with Crippen molar-refractivity contribution in [3.05, 3.63) is 77.6 Å². The minimum absolute atomic E-state index is 0.125. The lowest BCUT2D eigenvalue weighted by Crippen LogP contribution is -2.34. The zero-order chi connectivity index (χ0) is 33.3. The van der Waals surface area contributed by atoms with Crippen LogP contribution in [0.25, 0.3) is 11.0 Å². The number of nitrogens with one attached hydrogen (secondary N) is 2. The van der Waals surface area contributed by atoms with E-state index in [1.165, 1.54) is 4.90 Å². The van der Waals surface area contributed by atoms with E-state index in [-0.39, 0.29) is 11.5 Å². The summed E-state index contributed by atoms with van der Waals surface area (Å²) in [6, 6.07) is 11.3. The fraction of sp³-hybridized carbons (Fsp3) is 0.300. The second kappa shape index (κ2) is 12.4. The van der Waals surface area contributed by atoms with Gasteiger partial charge in [-0.15, -0.1) is 0 Å². The topological polar surface area (TPSA) is 123 Å². The van der Waals surface area contributed by atoms with Crippen molar-refractivity contribution in [2.45, 2.75) is 57.3 Å². The molecule has 240 valence electrons. The number of sulfonamides is 1. The first-order valence-corrected chi connectivity index (χ1v) is 15.2. The molecule has 4 aromatic rings. The number of aromatic nitrogens is 2. The first-order chi connectivity index (χ1) is 20.9. The molecule has 4 rings (SSSR count). The predicted molar refractivity (Wildman–Crippen MR) is 161 cm³/mol. The number of anilines is 3. The third-order valence-corrected chi connectivity index (χ3v) is 7.84. The van der Waals surface area contributed by atoms with Crippen LogP contribution in [-0.4, -0.2) is 42.6 Å². The fourth-order valence-corrected chi connectivity index (χ4v) is 5.65. The van der Waals surface area contributed by atoms with E-state index in [1.807, 2.05) is 11.6 Å². The summed E-state index contributed by atoms with van der Waals surface area (Å²) in [6.07, 6.45) is -4.90. The van der Waals surface area contributed by atoms with Crippen molar-refractivity contribution in [3.63, 3.8) is 0 Å². The Hall–Kier alpha value is -4.66. The maximum atomic E-state index is 14.7. The van der Waals surface area contributed by atoms with Crippen LogP contribution in [0.5, 0.6) is 0 Å². The smallest absolute Gasteiger partial charge is 0.417 e. The van der Waals surface area contributed by atoms with Gasteiger partial charge in [0.15, 0.2) is 0 Å². The van der Waals surface area contributed by atoms with Gasteiger partial charge in [-0.3, -0.25) is 19.7 Å². The van der Waals surface area contributed by atoms with E-state index < -0.39 is 55.8 Å². The van der Waals surface area contributed by atoms with E-state index >= 15 is 0 Å². The number of ether oxygens (including phenoxy) is 1. The third-order valence-electron chi connectivity index (χ3n) is 6.41. The summed E-state index contributed by atoms with van der Waals surface area (Å²) in [5, 5.41) is 2.63. The number of benzene rings is 3. The molecule has 0 saturated carbocycles. The van der Waals surface area contributed by atoms with E-state index in [1.54, 1.807) is 50.6 Å². The number of nitrogens with zero attached hydrogens (tertiary/aromatic N) is 3. The molecule has 2 amide bonds. The minimum Gasteiger partial charge on any atom is -0.443 e. The van der Waals surface area contributed by atoms with Gasteiger partial charge in [-0.2, -0.15) is 13.2 Å². The lowest BCUT2D eigenvalue weighted by Gasteiger charge is -2.24. The van der Waals surface area contributed by atoms with Crippen molar-refractivity contribution >= 4 is 50.4 Å². The Morgan fingerprint density at radius 3 is 2.36 bits per heavy atom. The Morgan fingerprint density at radius 1 is 1.02 bits per heavy atom. The monoisotopic (exact) mass is 649 g/mol. The highest BCUT2D eigenvalue weighted by Crippen LogP contribution is 2.35. The maximum absolute atomic E-state index is 14.7. The lowest BCUT2D eigenvalue weighted by molar-refractivity contribution is -0.139. The number of hydrogen-bond donors (Lipinski definition) is 2. The Bertz CT molecular complexity index is 1870. The maximum Gasteiger partial charge on any atom is 0.417 e.